The molecule has 1 heterocycles. The average Bonchev–Trinajstić information content (AvgIpc) is 2.93. The first-order chi connectivity index (χ1) is 19.8. The summed E-state index contributed by atoms with van der Waals surface area (Å²) in [5, 5.41) is 14.5. The number of carbonyl (C=O) groups excluding carboxylic acids is 1. The molecule has 226 valence electrons. The molecule has 0 aliphatic heterocycles. The Labute approximate surface area is 243 Å². The number of rotatable bonds is 9. The monoisotopic (exact) mass is 601 g/mol. The summed E-state index contributed by atoms with van der Waals surface area (Å²) < 4.78 is 42.0. The van der Waals surface area contributed by atoms with Crippen molar-refractivity contribution in [1.29, 1.82) is 0 Å². The van der Waals surface area contributed by atoms with Crippen molar-refractivity contribution in [2.75, 3.05) is 7.11 Å². The van der Waals surface area contributed by atoms with E-state index < -0.39 is 48.8 Å². The van der Waals surface area contributed by atoms with Crippen molar-refractivity contribution in [3.63, 3.8) is 0 Å². The number of fused-ring (bicyclic) bond motifs is 1. The molecule has 1 aliphatic rings. The van der Waals surface area contributed by atoms with E-state index in [1.165, 1.54) is 36.1 Å². The van der Waals surface area contributed by atoms with Gasteiger partial charge in [-0.05, 0) is 70.6 Å². The van der Waals surface area contributed by atoms with Crippen LogP contribution in [-0.4, -0.2) is 53.8 Å². The molecule has 0 bridgehead atoms. The van der Waals surface area contributed by atoms with Crippen molar-refractivity contribution in [3.05, 3.63) is 69.1 Å². The summed E-state index contributed by atoms with van der Waals surface area (Å²) >= 11 is 0. The van der Waals surface area contributed by atoms with Crippen molar-refractivity contribution in [3.8, 4) is 5.75 Å². The third-order valence-corrected chi connectivity index (χ3v) is 8.69. The zero-order chi connectivity index (χ0) is 30.7. The fourth-order valence-corrected chi connectivity index (χ4v) is 6.64. The van der Waals surface area contributed by atoms with Crippen molar-refractivity contribution in [2.24, 2.45) is 5.92 Å². The van der Waals surface area contributed by atoms with Gasteiger partial charge in [0.2, 0.25) is 10.0 Å². The van der Waals surface area contributed by atoms with Crippen LogP contribution in [0.5, 0.6) is 5.75 Å². The molecule has 13 nitrogen and oxygen atoms in total. The zero-order valence-electron chi connectivity index (χ0n) is 23.9. The third kappa shape index (κ3) is 7.42. The van der Waals surface area contributed by atoms with E-state index in [1.54, 1.807) is 39.0 Å². The number of nitrogens with zero attached hydrogens (tertiary/aromatic N) is 3. The minimum Gasteiger partial charge on any atom is -0.497 e. The molecule has 1 fully saturated rings. The summed E-state index contributed by atoms with van der Waals surface area (Å²) in [6, 6.07) is 9.19. The fourth-order valence-electron chi connectivity index (χ4n) is 5.17. The first-order valence-electron chi connectivity index (χ1n) is 13.6. The molecule has 0 saturated heterocycles. The fraction of sp³-hybridized carbons (Fsp3) is 0.464. The number of hydrogen-bond acceptors (Lipinski definition) is 9. The second-order valence-corrected chi connectivity index (χ2v) is 13.0. The predicted octanol–water partition coefficient (Wildman–Crippen LogP) is 3.74. The van der Waals surface area contributed by atoms with Crippen LogP contribution >= 0.6 is 0 Å². The Kier molecular flexibility index (Phi) is 9.16. The highest BCUT2D eigenvalue weighted by Gasteiger charge is 2.35. The van der Waals surface area contributed by atoms with Gasteiger partial charge in [0.05, 0.1) is 29.3 Å². The van der Waals surface area contributed by atoms with Crippen molar-refractivity contribution < 1.29 is 27.6 Å². The topological polar surface area (TPSA) is 172 Å². The van der Waals surface area contributed by atoms with Gasteiger partial charge in [-0.3, -0.25) is 14.9 Å². The van der Waals surface area contributed by atoms with E-state index in [9.17, 15) is 28.1 Å². The molecule has 4 rings (SSSR count). The van der Waals surface area contributed by atoms with Crippen LogP contribution in [0, 0.1) is 16.0 Å². The van der Waals surface area contributed by atoms with E-state index >= 15 is 0 Å². The quantitative estimate of drug-likeness (QED) is 0.274. The maximum Gasteiger partial charge on any atom is 0.407 e. The van der Waals surface area contributed by atoms with Crippen LogP contribution in [0.15, 0.2) is 58.4 Å². The van der Waals surface area contributed by atoms with Gasteiger partial charge in [-0.25, -0.2) is 22.9 Å². The van der Waals surface area contributed by atoms with Gasteiger partial charge in [0.15, 0.2) is 4.90 Å². The highest BCUT2D eigenvalue weighted by molar-refractivity contribution is 7.89. The molecule has 1 atom stereocenters. The van der Waals surface area contributed by atoms with Crippen molar-refractivity contribution in [2.45, 2.75) is 75.6 Å². The van der Waals surface area contributed by atoms with Gasteiger partial charge in [0.25, 0.3) is 11.2 Å². The maximum atomic E-state index is 13.6. The van der Waals surface area contributed by atoms with Gasteiger partial charge in [0.1, 0.15) is 11.4 Å². The molecule has 0 spiro atoms. The molecule has 14 heteroatoms. The van der Waals surface area contributed by atoms with E-state index in [2.05, 4.69) is 15.0 Å². The number of nitro groups is 1. The molecule has 1 amide bonds. The summed E-state index contributed by atoms with van der Waals surface area (Å²) in [5.41, 5.74) is -0.664. The molecule has 2 N–H and O–H groups in total. The summed E-state index contributed by atoms with van der Waals surface area (Å²) in [7, 11) is -2.88. The molecular weight excluding hydrogens is 566 g/mol. The molecule has 1 aliphatic carbocycles. The molecule has 1 saturated carbocycles. The van der Waals surface area contributed by atoms with Crippen LogP contribution in [0.1, 0.15) is 46.5 Å². The highest BCUT2D eigenvalue weighted by atomic mass is 32.2. The summed E-state index contributed by atoms with van der Waals surface area (Å²) in [4.78, 5) is 39.9. The van der Waals surface area contributed by atoms with Crippen LogP contribution in [0.25, 0.3) is 11.0 Å². The standard InChI is InChI=1S/C28H35N5O8S/c1-28(2,3)41-27(35)30-19-11-9-18(10-12-19)22(31-42(38,39)25-8-6-5-7-23(25)33(36)37)17-32-24-15-20(40-4)13-14-21(24)29-16-26(32)34/h5-8,13-16,18-19,22,31H,9-12,17H2,1-4H3,(H,30,35)/t18-,19-,22?. The number of alkyl carbamates (subject to hydrolysis) is 1. The lowest BCUT2D eigenvalue weighted by Gasteiger charge is -2.35. The molecule has 2 aromatic carbocycles. The summed E-state index contributed by atoms with van der Waals surface area (Å²) in [5.74, 6) is 0.245. The van der Waals surface area contributed by atoms with E-state index in [0.29, 0.717) is 42.5 Å². The van der Waals surface area contributed by atoms with Gasteiger partial charge >= 0.3 is 6.09 Å². The second-order valence-electron chi connectivity index (χ2n) is 11.3. The SMILES string of the molecule is COc1ccc2ncc(=O)n(CC(NS(=O)(=O)c3ccccc3[N+](=O)[O-])[C@H]3CC[C@H](NC(=O)OC(C)(C)C)CC3)c2c1. The van der Waals surface area contributed by atoms with Crippen molar-refractivity contribution in [1.82, 2.24) is 19.6 Å². The Bertz CT molecular complexity index is 1630. The van der Waals surface area contributed by atoms with Crippen LogP contribution in [0.4, 0.5) is 10.5 Å². The van der Waals surface area contributed by atoms with Crippen LogP contribution in [-0.2, 0) is 21.3 Å². The Morgan fingerprint density at radius 3 is 2.50 bits per heavy atom. The van der Waals surface area contributed by atoms with Crippen LogP contribution in [0.3, 0.4) is 0 Å². The van der Waals surface area contributed by atoms with Crippen molar-refractivity contribution >= 4 is 32.8 Å². The summed E-state index contributed by atoms with van der Waals surface area (Å²) in [6.45, 7) is 5.27. The highest BCUT2D eigenvalue weighted by Crippen LogP contribution is 2.31. The number of nitrogens with one attached hydrogen (secondary N) is 2. The normalized spacial score (nSPS) is 18.3. The minimum absolute atomic E-state index is 0.0558. The number of hydrogen-bond donors (Lipinski definition) is 2. The Morgan fingerprint density at radius 1 is 1.17 bits per heavy atom. The van der Waals surface area contributed by atoms with Gasteiger partial charge in [-0.1, -0.05) is 12.1 Å². The van der Waals surface area contributed by atoms with Gasteiger partial charge < -0.3 is 19.4 Å². The van der Waals surface area contributed by atoms with E-state index in [4.69, 9.17) is 9.47 Å². The van der Waals surface area contributed by atoms with E-state index in [1.807, 2.05) is 0 Å². The number of ether oxygens (including phenoxy) is 2. The molecule has 1 aromatic heterocycles. The average molecular weight is 602 g/mol. The van der Waals surface area contributed by atoms with Gasteiger partial charge in [0, 0.05) is 30.8 Å². The Hall–Kier alpha value is -4.04. The van der Waals surface area contributed by atoms with Gasteiger partial charge in [-0.2, -0.15) is 0 Å². The molecule has 0 radical (unpaired) electrons. The van der Waals surface area contributed by atoms with E-state index in [0.717, 1.165) is 6.07 Å². The Balaban J connectivity index is 1.66. The zero-order valence-corrected chi connectivity index (χ0v) is 24.7. The Morgan fingerprint density at radius 2 is 1.86 bits per heavy atom. The number of para-hydroxylation sites is 1. The number of carbonyl (C=O) groups is 1. The molecule has 3 aromatic rings. The minimum atomic E-state index is -4.37. The molecule has 42 heavy (non-hydrogen) atoms. The first-order valence-corrected chi connectivity index (χ1v) is 15.0. The number of aromatic nitrogens is 2. The lowest BCUT2D eigenvalue weighted by atomic mass is 9.81. The van der Waals surface area contributed by atoms with Gasteiger partial charge in [-0.15, -0.1) is 0 Å². The van der Waals surface area contributed by atoms with Crippen LogP contribution < -0.4 is 20.3 Å². The third-order valence-electron chi connectivity index (χ3n) is 7.15. The maximum absolute atomic E-state index is 13.6. The number of sulfonamides is 1. The number of amides is 1. The lowest BCUT2D eigenvalue weighted by molar-refractivity contribution is -0.387. The largest absolute Gasteiger partial charge is 0.497 e. The lowest BCUT2D eigenvalue weighted by Crippen LogP contribution is -2.48. The first kappa shape index (κ1) is 30.9. The summed E-state index contributed by atoms with van der Waals surface area (Å²) in [6.07, 6.45) is 2.78. The molecular formula is C28H35N5O8S. The number of nitro benzene ring substituents is 1. The predicted molar refractivity (Wildman–Crippen MR) is 155 cm³/mol. The number of methoxy groups -OCH3 is 1. The van der Waals surface area contributed by atoms with E-state index in [-0.39, 0.29) is 18.5 Å². The smallest absolute Gasteiger partial charge is 0.407 e. The second kappa shape index (κ2) is 12.4. The molecule has 1 unspecified atom stereocenters. The van der Waals surface area contributed by atoms with Crippen LogP contribution in [0.2, 0.25) is 0 Å². The number of benzene rings is 2.